The second-order valence-electron chi connectivity index (χ2n) is 4.41. The van der Waals surface area contributed by atoms with Gasteiger partial charge in [0.05, 0.1) is 16.1 Å². The zero-order valence-electron chi connectivity index (χ0n) is 11.2. The van der Waals surface area contributed by atoms with Crippen molar-refractivity contribution in [1.82, 2.24) is 9.97 Å². The maximum atomic E-state index is 11.8. The number of anilines is 1. The number of carbonyl (C=O) groups is 1. The summed E-state index contributed by atoms with van der Waals surface area (Å²) in [6.07, 6.45) is 1.77. The summed E-state index contributed by atoms with van der Waals surface area (Å²) in [4.78, 5) is 21.2. The van der Waals surface area contributed by atoms with Crippen molar-refractivity contribution in [2.45, 2.75) is 6.92 Å². The van der Waals surface area contributed by atoms with Crippen molar-refractivity contribution >= 4 is 33.2 Å². The molecule has 0 amide bonds. The summed E-state index contributed by atoms with van der Waals surface area (Å²) in [7, 11) is 1.80. The molecule has 0 bridgehead atoms. The molecule has 0 aliphatic carbocycles. The standard InChI is InChI=1S/C15H13N3OS/c1-9(19)14-13(18-15(16-2)20-14)11-5-6-12-10(8-11)4-3-7-17-12/h3-8H,1-2H3,(H,16,18). The quantitative estimate of drug-likeness (QED) is 0.746. The number of nitrogens with zero attached hydrogens (tertiary/aromatic N) is 2. The van der Waals surface area contributed by atoms with Gasteiger partial charge in [0, 0.05) is 31.1 Å². The number of hydrogen-bond acceptors (Lipinski definition) is 5. The Balaban J connectivity index is 2.19. The minimum atomic E-state index is 0.0327. The zero-order valence-corrected chi connectivity index (χ0v) is 12.0. The van der Waals surface area contributed by atoms with Crippen LogP contribution in [-0.4, -0.2) is 22.8 Å². The van der Waals surface area contributed by atoms with E-state index in [2.05, 4.69) is 15.3 Å². The molecule has 3 rings (SSSR count). The number of Topliss-reactive ketones (excluding diaryl/α,β-unsaturated/α-hetero) is 1. The number of nitrogens with one attached hydrogen (secondary N) is 1. The van der Waals surface area contributed by atoms with Gasteiger partial charge in [-0.3, -0.25) is 9.78 Å². The highest BCUT2D eigenvalue weighted by atomic mass is 32.1. The van der Waals surface area contributed by atoms with Crippen LogP contribution in [0.2, 0.25) is 0 Å². The molecule has 2 heterocycles. The number of carbonyl (C=O) groups excluding carboxylic acids is 1. The van der Waals surface area contributed by atoms with Gasteiger partial charge in [-0.2, -0.15) is 0 Å². The second kappa shape index (κ2) is 5.02. The van der Waals surface area contributed by atoms with E-state index < -0.39 is 0 Å². The van der Waals surface area contributed by atoms with Crippen molar-refractivity contribution in [3.63, 3.8) is 0 Å². The molecule has 3 aromatic rings. The van der Waals surface area contributed by atoms with E-state index in [0.29, 0.717) is 4.88 Å². The zero-order chi connectivity index (χ0) is 14.1. The highest BCUT2D eigenvalue weighted by Crippen LogP contribution is 2.32. The third kappa shape index (κ3) is 2.16. The van der Waals surface area contributed by atoms with Gasteiger partial charge in [-0.25, -0.2) is 4.98 Å². The maximum absolute atomic E-state index is 11.8. The summed E-state index contributed by atoms with van der Waals surface area (Å²) in [5, 5.41) is 4.78. The summed E-state index contributed by atoms with van der Waals surface area (Å²) in [5.74, 6) is 0.0327. The highest BCUT2D eigenvalue weighted by molar-refractivity contribution is 7.18. The van der Waals surface area contributed by atoms with E-state index in [-0.39, 0.29) is 5.78 Å². The van der Waals surface area contributed by atoms with Crippen LogP contribution in [0.4, 0.5) is 5.13 Å². The summed E-state index contributed by atoms with van der Waals surface area (Å²) in [6, 6.07) is 9.83. The molecule has 20 heavy (non-hydrogen) atoms. The van der Waals surface area contributed by atoms with Crippen LogP contribution in [-0.2, 0) is 0 Å². The predicted octanol–water partition coefficient (Wildman–Crippen LogP) is 3.60. The Bertz CT molecular complexity index is 795. The first-order valence-electron chi connectivity index (χ1n) is 6.23. The first-order chi connectivity index (χ1) is 9.69. The lowest BCUT2D eigenvalue weighted by Crippen LogP contribution is -1.92. The summed E-state index contributed by atoms with van der Waals surface area (Å²) in [6.45, 7) is 1.57. The third-order valence-electron chi connectivity index (χ3n) is 3.04. The number of pyridine rings is 1. The SMILES string of the molecule is CNc1nc(-c2ccc3ncccc3c2)c(C(C)=O)s1. The lowest BCUT2D eigenvalue weighted by molar-refractivity contribution is 0.102. The minimum Gasteiger partial charge on any atom is -0.365 e. The van der Waals surface area contributed by atoms with E-state index in [1.807, 2.05) is 30.3 Å². The molecule has 0 unspecified atom stereocenters. The molecular formula is C15H13N3OS. The van der Waals surface area contributed by atoms with E-state index in [1.165, 1.54) is 11.3 Å². The minimum absolute atomic E-state index is 0.0327. The fourth-order valence-corrected chi connectivity index (χ4v) is 2.92. The van der Waals surface area contributed by atoms with Gasteiger partial charge < -0.3 is 5.32 Å². The van der Waals surface area contributed by atoms with Gasteiger partial charge >= 0.3 is 0 Å². The Morgan fingerprint density at radius 1 is 1.30 bits per heavy atom. The molecule has 0 saturated heterocycles. The molecule has 1 N–H and O–H groups in total. The van der Waals surface area contributed by atoms with Gasteiger partial charge in [-0.15, -0.1) is 0 Å². The molecule has 100 valence electrons. The van der Waals surface area contributed by atoms with Crippen molar-refractivity contribution in [1.29, 1.82) is 0 Å². The predicted molar refractivity (Wildman–Crippen MR) is 82.4 cm³/mol. The maximum Gasteiger partial charge on any atom is 0.183 e. The number of benzene rings is 1. The van der Waals surface area contributed by atoms with Crippen molar-refractivity contribution in [3.8, 4) is 11.3 Å². The highest BCUT2D eigenvalue weighted by Gasteiger charge is 2.16. The Hall–Kier alpha value is -2.27. The van der Waals surface area contributed by atoms with Crippen LogP contribution in [0.3, 0.4) is 0 Å². The number of fused-ring (bicyclic) bond motifs is 1. The molecule has 2 aromatic heterocycles. The van der Waals surface area contributed by atoms with E-state index in [9.17, 15) is 4.79 Å². The van der Waals surface area contributed by atoms with Crippen molar-refractivity contribution < 1.29 is 4.79 Å². The van der Waals surface area contributed by atoms with Gasteiger partial charge in [0.2, 0.25) is 0 Å². The Labute approximate surface area is 120 Å². The van der Waals surface area contributed by atoms with Crippen molar-refractivity contribution in [2.24, 2.45) is 0 Å². The molecule has 0 saturated carbocycles. The third-order valence-corrected chi connectivity index (χ3v) is 4.21. The Morgan fingerprint density at radius 3 is 2.90 bits per heavy atom. The largest absolute Gasteiger partial charge is 0.365 e. The Kier molecular flexibility index (Phi) is 3.20. The van der Waals surface area contributed by atoms with Gasteiger partial charge in [0.25, 0.3) is 0 Å². The monoisotopic (exact) mass is 283 g/mol. The molecule has 4 nitrogen and oxygen atoms in total. The molecule has 0 atom stereocenters. The lowest BCUT2D eigenvalue weighted by atomic mass is 10.1. The van der Waals surface area contributed by atoms with Gasteiger partial charge in [-0.05, 0) is 18.2 Å². The summed E-state index contributed by atoms with van der Waals surface area (Å²) >= 11 is 1.38. The Morgan fingerprint density at radius 2 is 2.15 bits per heavy atom. The molecule has 0 radical (unpaired) electrons. The average molecular weight is 283 g/mol. The first kappa shape index (κ1) is 12.7. The van der Waals surface area contributed by atoms with Crippen LogP contribution in [0.25, 0.3) is 22.2 Å². The van der Waals surface area contributed by atoms with Gasteiger partial charge in [0.1, 0.15) is 0 Å². The number of thiazole rings is 1. The van der Waals surface area contributed by atoms with Crippen LogP contribution < -0.4 is 5.32 Å². The van der Waals surface area contributed by atoms with E-state index >= 15 is 0 Å². The molecule has 1 aromatic carbocycles. The summed E-state index contributed by atoms with van der Waals surface area (Å²) in [5.41, 5.74) is 2.61. The molecule has 5 heteroatoms. The van der Waals surface area contributed by atoms with E-state index in [4.69, 9.17) is 0 Å². The van der Waals surface area contributed by atoms with Crippen LogP contribution >= 0.6 is 11.3 Å². The lowest BCUT2D eigenvalue weighted by Gasteiger charge is -2.02. The molecule has 0 aliphatic heterocycles. The number of hydrogen-bond donors (Lipinski definition) is 1. The van der Waals surface area contributed by atoms with Crippen LogP contribution in [0.5, 0.6) is 0 Å². The topological polar surface area (TPSA) is 54.9 Å². The number of ketones is 1. The van der Waals surface area contributed by atoms with Crippen molar-refractivity contribution in [3.05, 3.63) is 41.4 Å². The molecular weight excluding hydrogens is 270 g/mol. The molecule has 0 fully saturated rings. The fourth-order valence-electron chi connectivity index (χ4n) is 2.08. The average Bonchev–Trinajstić information content (AvgIpc) is 2.91. The fraction of sp³-hybridized carbons (Fsp3) is 0.133. The smallest absolute Gasteiger partial charge is 0.183 e. The van der Waals surface area contributed by atoms with Gasteiger partial charge in [0.15, 0.2) is 10.9 Å². The number of rotatable bonds is 3. The van der Waals surface area contributed by atoms with E-state index in [1.54, 1.807) is 20.2 Å². The van der Waals surface area contributed by atoms with Crippen LogP contribution in [0.15, 0.2) is 36.5 Å². The summed E-state index contributed by atoms with van der Waals surface area (Å²) < 4.78 is 0. The first-order valence-corrected chi connectivity index (χ1v) is 7.05. The second-order valence-corrected chi connectivity index (χ2v) is 5.41. The van der Waals surface area contributed by atoms with Gasteiger partial charge in [-0.1, -0.05) is 23.5 Å². The van der Waals surface area contributed by atoms with E-state index in [0.717, 1.165) is 27.3 Å². The molecule has 0 aliphatic rings. The molecule has 0 spiro atoms. The van der Waals surface area contributed by atoms with Crippen LogP contribution in [0, 0.1) is 0 Å². The number of aromatic nitrogens is 2. The normalized spacial score (nSPS) is 10.7. The van der Waals surface area contributed by atoms with Crippen LogP contribution in [0.1, 0.15) is 16.6 Å². The van der Waals surface area contributed by atoms with Crippen molar-refractivity contribution in [2.75, 3.05) is 12.4 Å².